The van der Waals surface area contributed by atoms with E-state index in [-0.39, 0.29) is 11.5 Å². The minimum Gasteiger partial charge on any atom is -0.504 e. The third kappa shape index (κ3) is 6.19. The third-order valence-corrected chi connectivity index (χ3v) is 9.54. The van der Waals surface area contributed by atoms with Gasteiger partial charge in [-0.05, 0) is 36.8 Å². The Morgan fingerprint density at radius 3 is 2.40 bits per heavy atom. The lowest BCUT2D eigenvalue weighted by molar-refractivity contribution is -0.347. The Hall–Kier alpha value is -2.91. The monoisotopic (exact) mass is 684 g/mol. The average Bonchev–Trinajstić information content (AvgIpc) is 3.76. The van der Waals surface area contributed by atoms with E-state index in [4.69, 9.17) is 37.9 Å². The lowest BCUT2D eigenvalue weighted by Crippen LogP contribution is -2.60. The van der Waals surface area contributed by atoms with Crippen molar-refractivity contribution in [2.24, 2.45) is 11.8 Å². The molecule has 0 spiro atoms. The van der Waals surface area contributed by atoms with Crippen molar-refractivity contribution in [3.05, 3.63) is 42.2 Å². The number of ether oxygens (including phenoxy) is 8. The van der Waals surface area contributed by atoms with Gasteiger partial charge >= 0.3 is 5.97 Å². The van der Waals surface area contributed by atoms with Crippen molar-refractivity contribution in [3.8, 4) is 11.5 Å². The fourth-order valence-corrected chi connectivity index (χ4v) is 6.85. The number of carbonyl (C=O) groups excluding carboxylic acids is 1. The van der Waals surface area contributed by atoms with Crippen LogP contribution in [-0.2, 0) is 38.0 Å². The van der Waals surface area contributed by atoms with Crippen LogP contribution in [0.4, 0.5) is 0 Å². The van der Waals surface area contributed by atoms with Crippen LogP contribution >= 0.6 is 0 Å². The van der Waals surface area contributed by atoms with Crippen LogP contribution < -0.4 is 4.74 Å². The molecule has 1 aromatic rings. The van der Waals surface area contributed by atoms with Crippen molar-refractivity contribution < 1.29 is 83.5 Å². The van der Waals surface area contributed by atoms with Gasteiger partial charge in [-0.3, -0.25) is 0 Å². The lowest BCUT2D eigenvalue weighted by Gasteiger charge is -2.44. The summed E-state index contributed by atoms with van der Waals surface area (Å²) in [6, 6.07) is 4.42. The largest absolute Gasteiger partial charge is 0.504 e. The molecule has 48 heavy (non-hydrogen) atoms. The number of carbonyl (C=O) groups is 1. The molecule has 5 aliphatic rings. The third-order valence-electron chi connectivity index (χ3n) is 9.54. The summed E-state index contributed by atoms with van der Waals surface area (Å²) in [5.74, 6) is -2.12. The van der Waals surface area contributed by atoms with E-state index in [1.54, 1.807) is 6.08 Å². The molecule has 17 nitrogen and oxygen atoms in total. The first kappa shape index (κ1) is 34.9. The van der Waals surface area contributed by atoms with Crippen LogP contribution in [0.1, 0.15) is 12.5 Å². The number of hydrogen-bond acceptors (Lipinski definition) is 17. The molecule has 0 bridgehead atoms. The van der Waals surface area contributed by atoms with E-state index in [0.29, 0.717) is 5.56 Å². The molecule has 4 heterocycles. The molecule has 0 aromatic heterocycles. The van der Waals surface area contributed by atoms with Gasteiger partial charge in [-0.25, -0.2) is 4.79 Å². The summed E-state index contributed by atoms with van der Waals surface area (Å²) in [4.78, 5) is 12.7. The average molecular weight is 685 g/mol. The highest BCUT2D eigenvalue weighted by molar-refractivity contribution is 5.87. The summed E-state index contributed by atoms with van der Waals surface area (Å²) in [5.41, 5.74) is -0.729. The Labute approximate surface area is 274 Å². The molecule has 16 atom stereocenters. The normalized spacial score (nSPS) is 44.9. The standard InChI is InChI=1S/C31H40O17/c1-12-20(36)26(45-18(35)6-4-13-3-5-15(34)16(9-13)41-2)24(40)30(43-12)46-25-14-7-8-42-28(19(14)31(11-33)27(25)48-31)47-29-23(39)22(38)21(37)17(10-32)44-29/h3-9,12,14,17,19-30,32-34,36-40H,10-11H2,1-2H3/t12-,14+,17+,19+,20-,21+,22-,23+,24+,25-,26+,27-,28-,29-,30-,31+/m0/s1. The van der Waals surface area contributed by atoms with Crippen LogP contribution in [-0.4, -0.2) is 153 Å². The molecule has 266 valence electrons. The summed E-state index contributed by atoms with van der Waals surface area (Å²) in [7, 11) is 1.38. The predicted molar refractivity (Wildman–Crippen MR) is 155 cm³/mol. The maximum atomic E-state index is 12.7. The number of benzene rings is 1. The second-order valence-electron chi connectivity index (χ2n) is 12.4. The van der Waals surface area contributed by atoms with Gasteiger partial charge in [-0.1, -0.05) is 6.07 Å². The van der Waals surface area contributed by atoms with Crippen molar-refractivity contribution in [2.45, 2.75) is 92.4 Å². The fraction of sp³-hybridized carbons (Fsp3) is 0.645. The quantitative estimate of drug-likeness (QED) is 0.0705. The Bertz CT molecular complexity index is 1370. The maximum absolute atomic E-state index is 12.7. The number of hydrogen-bond donors (Lipinski definition) is 8. The molecule has 6 rings (SSSR count). The van der Waals surface area contributed by atoms with E-state index in [0.717, 1.165) is 6.08 Å². The zero-order valence-electron chi connectivity index (χ0n) is 25.9. The second kappa shape index (κ2) is 13.8. The first-order valence-corrected chi connectivity index (χ1v) is 15.4. The predicted octanol–water partition coefficient (Wildman–Crippen LogP) is -2.76. The molecular weight excluding hydrogens is 644 g/mol. The van der Waals surface area contributed by atoms with Crippen LogP contribution in [0.2, 0.25) is 0 Å². The van der Waals surface area contributed by atoms with Crippen molar-refractivity contribution in [1.82, 2.24) is 0 Å². The zero-order chi connectivity index (χ0) is 34.5. The van der Waals surface area contributed by atoms with Crippen LogP contribution in [0.25, 0.3) is 6.08 Å². The summed E-state index contributed by atoms with van der Waals surface area (Å²) in [5, 5.41) is 82.5. The number of epoxide rings is 1. The number of aromatic hydroxyl groups is 1. The van der Waals surface area contributed by atoms with E-state index in [2.05, 4.69) is 0 Å². The number of phenols is 1. The van der Waals surface area contributed by atoms with Gasteiger partial charge in [0.1, 0.15) is 48.3 Å². The van der Waals surface area contributed by atoms with E-state index >= 15 is 0 Å². The molecule has 4 fully saturated rings. The van der Waals surface area contributed by atoms with Gasteiger partial charge in [0.05, 0.1) is 44.7 Å². The van der Waals surface area contributed by atoms with Gasteiger partial charge in [-0.15, -0.1) is 0 Å². The number of aliphatic hydroxyl groups is 7. The van der Waals surface area contributed by atoms with Crippen molar-refractivity contribution in [3.63, 3.8) is 0 Å². The minimum atomic E-state index is -1.71. The highest BCUT2D eigenvalue weighted by Gasteiger charge is 2.77. The fourth-order valence-electron chi connectivity index (χ4n) is 6.85. The Balaban J connectivity index is 1.14. The number of aliphatic hydroxyl groups excluding tert-OH is 7. The van der Waals surface area contributed by atoms with Crippen molar-refractivity contribution in [2.75, 3.05) is 20.3 Å². The van der Waals surface area contributed by atoms with Gasteiger partial charge < -0.3 is 78.7 Å². The van der Waals surface area contributed by atoms with E-state index < -0.39 is 117 Å². The molecule has 1 saturated carbocycles. The highest BCUT2D eigenvalue weighted by Crippen LogP contribution is 2.61. The Morgan fingerprint density at radius 1 is 0.938 bits per heavy atom. The summed E-state index contributed by atoms with van der Waals surface area (Å²) in [6.07, 6.45) is -12.1. The summed E-state index contributed by atoms with van der Waals surface area (Å²) in [6.45, 7) is 0.349. The first-order chi connectivity index (χ1) is 22.9. The number of fused-ring (bicyclic) bond motifs is 3. The topological polar surface area (TPSA) is 256 Å². The van der Waals surface area contributed by atoms with Crippen molar-refractivity contribution in [1.29, 1.82) is 0 Å². The van der Waals surface area contributed by atoms with Crippen LogP contribution in [0.5, 0.6) is 11.5 Å². The van der Waals surface area contributed by atoms with E-state index in [9.17, 15) is 45.6 Å². The maximum Gasteiger partial charge on any atom is 0.331 e. The van der Waals surface area contributed by atoms with Gasteiger partial charge in [0.25, 0.3) is 0 Å². The van der Waals surface area contributed by atoms with Gasteiger partial charge in [0.2, 0.25) is 6.29 Å². The smallest absolute Gasteiger partial charge is 0.331 e. The number of rotatable bonds is 10. The Morgan fingerprint density at radius 2 is 1.69 bits per heavy atom. The van der Waals surface area contributed by atoms with Gasteiger partial charge in [-0.2, -0.15) is 0 Å². The molecule has 1 aromatic carbocycles. The molecule has 17 heteroatoms. The zero-order valence-corrected chi connectivity index (χ0v) is 25.9. The van der Waals surface area contributed by atoms with Crippen LogP contribution in [0, 0.1) is 11.8 Å². The van der Waals surface area contributed by atoms with Crippen LogP contribution in [0.15, 0.2) is 36.6 Å². The number of esters is 1. The van der Waals surface area contributed by atoms with Crippen LogP contribution in [0.3, 0.4) is 0 Å². The summed E-state index contributed by atoms with van der Waals surface area (Å²) >= 11 is 0. The summed E-state index contributed by atoms with van der Waals surface area (Å²) < 4.78 is 45.4. The molecule has 3 saturated heterocycles. The molecule has 1 aliphatic carbocycles. The number of methoxy groups -OCH3 is 1. The van der Waals surface area contributed by atoms with Gasteiger partial charge in [0, 0.05) is 12.0 Å². The molecule has 8 N–H and O–H groups in total. The molecule has 0 radical (unpaired) electrons. The van der Waals surface area contributed by atoms with E-state index in [1.807, 2.05) is 0 Å². The van der Waals surface area contributed by atoms with E-state index in [1.165, 1.54) is 44.6 Å². The molecule has 4 aliphatic heterocycles. The molecule has 0 unspecified atom stereocenters. The lowest BCUT2D eigenvalue weighted by atomic mass is 9.85. The number of phenolic OH excluding ortho intramolecular Hbond substituents is 1. The first-order valence-electron chi connectivity index (χ1n) is 15.4. The molecule has 0 amide bonds. The SMILES string of the molecule is COc1cc(C=CC(=O)O[C@@H]2[C@@H](O)[C@H](C)O[C@@H](O[C@H]3[C@@H]4C=CO[C@@H](O[C@@H]5O[C@H](CO)[C@@H](O)[C@H](O)[C@H]5O)[C@@H]4[C@@]4(CO)O[C@@H]34)[C@@H]2O)ccc1O. The second-order valence-corrected chi connectivity index (χ2v) is 12.4. The Kier molecular flexibility index (Phi) is 10.0. The highest BCUT2D eigenvalue weighted by atomic mass is 16.8. The minimum absolute atomic E-state index is 0.0831. The van der Waals surface area contributed by atoms with Gasteiger partial charge in [0.15, 0.2) is 30.2 Å². The van der Waals surface area contributed by atoms with Crippen molar-refractivity contribution >= 4 is 12.0 Å². The molecular formula is C31H40O17.